The first-order valence-corrected chi connectivity index (χ1v) is 8.94. The van der Waals surface area contributed by atoms with Gasteiger partial charge in [-0.1, -0.05) is 11.8 Å². The van der Waals surface area contributed by atoms with Gasteiger partial charge in [0.1, 0.15) is 6.54 Å². The van der Waals surface area contributed by atoms with Gasteiger partial charge in [0, 0.05) is 12.7 Å². The van der Waals surface area contributed by atoms with Crippen molar-refractivity contribution in [2.75, 3.05) is 25.2 Å². The second-order valence-corrected chi connectivity index (χ2v) is 6.30. The van der Waals surface area contributed by atoms with E-state index in [1.165, 1.54) is 20.4 Å². The Hall–Kier alpha value is -2.85. The van der Waals surface area contributed by atoms with E-state index >= 15 is 0 Å². The summed E-state index contributed by atoms with van der Waals surface area (Å²) in [7, 11) is 2.81. The molecule has 0 saturated carbocycles. The molecule has 0 aliphatic rings. The third-order valence-electron chi connectivity index (χ3n) is 3.57. The lowest BCUT2D eigenvalue weighted by Crippen LogP contribution is -2.25. The Morgan fingerprint density at radius 2 is 1.93 bits per heavy atom. The smallest absolute Gasteiger partial charge is 0.337 e. The van der Waals surface area contributed by atoms with Crippen LogP contribution in [0.25, 0.3) is 0 Å². The topological polar surface area (TPSA) is 123 Å². The number of imidazole rings is 1. The van der Waals surface area contributed by atoms with E-state index in [2.05, 4.69) is 20.4 Å². The Kier molecular flexibility index (Phi) is 7.38. The van der Waals surface area contributed by atoms with Gasteiger partial charge in [0.25, 0.3) is 0 Å². The van der Waals surface area contributed by atoms with E-state index in [1.54, 1.807) is 28.8 Å². The summed E-state index contributed by atoms with van der Waals surface area (Å²) in [5.41, 5.74) is 1.41. The quantitative estimate of drug-likeness (QED) is 0.445. The summed E-state index contributed by atoms with van der Waals surface area (Å²) in [5, 5.41) is 15.0. The number of benzene rings is 1. The molecule has 0 radical (unpaired) electrons. The summed E-state index contributed by atoms with van der Waals surface area (Å²) in [6, 6.07) is 6.31. The normalized spacial score (nSPS) is 10.3. The number of methoxy groups -OCH3 is 1. The van der Waals surface area contributed by atoms with Crippen LogP contribution in [-0.4, -0.2) is 52.4 Å². The number of amides is 2. The second-order valence-electron chi connectivity index (χ2n) is 5.36. The van der Waals surface area contributed by atoms with Crippen molar-refractivity contribution in [1.82, 2.24) is 14.9 Å². The zero-order chi connectivity index (χ0) is 19.8. The molecule has 0 fully saturated rings. The SMILES string of the molecule is CNC(=O)Cn1c(CO)cnc1SCC(=O)Nc1ccc(C(=O)OC)cc1. The predicted octanol–water partition coefficient (Wildman–Crippen LogP) is 0.639. The average molecular weight is 392 g/mol. The average Bonchev–Trinajstić information content (AvgIpc) is 3.07. The molecular weight excluding hydrogens is 372 g/mol. The van der Waals surface area contributed by atoms with Crippen LogP contribution in [0.1, 0.15) is 16.1 Å². The van der Waals surface area contributed by atoms with Gasteiger partial charge in [0.2, 0.25) is 11.8 Å². The number of aromatic nitrogens is 2. The number of ether oxygens (including phenoxy) is 1. The van der Waals surface area contributed by atoms with E-state index in [9.17, 15) is 19.5 Å². The third-order valence-corrected chi connectivity index (χ3v) is 4.56. The third kappa shape index (κ3) is 5.56. The number of hydrogen-bond donors (Lipinski definition) is 3. The van der Waals surface area contributed by atoms with Gasteiger partial charge >= 0.3 is 5.97 Å². The number of aliphatic hydroxyl groups excluding tert-OH is 1. The molecule has 0 atom stereocenters. The highest BCUT2D eigenvalue weighted by molar-refractivity contribution is 7.99. The molecule has 0 bridgehead atoms. The number of carbonyl (C=O) groups excluding carboxylic acids is 3. The van der Waals surface area contributed by atoms with Crippen LogP contribution < -0.4 is 10.6 Å². The van der Waals surface area contributed by atoms with Crippen molar-refractivity contribution >= 4 is 35.2 Å². The van der Waals surface area contributed by atoms with Gasteiger partial charge in [-0.3, -0.25) is 9.59 Å². The first kappa shape index (κ1) is 20.5. The lowest BCUT2D eigenvalue weighted by atomic mass is 10.2. The van der Waals surface area contributed by atoms with Crippen molar-refractivity contribution in [3.63, 3.8) is 0 Å². The van der Waals surface area contributed by atoms with Gasteiger partial charge < -0.3 is 25.0 Å². The maximum atomic E-state index is 12.1. The second kappa shape index (κ2) is 9.74. The zero-order valence-corrected chi connectivity index (χ0v) is 15.7. The lowest BCUT2D eigenvalue weighted by Gasteiger charge is -2.10. The van der Waals surface area contributed by atoms with Gasteiger partial charge in [-0.15, -0.1) is 0 Å². The van der Waals surface area contributed by atoms with Crippen molar-refractivity contribution in [3.8, 4) is 0 Å². The van der Waals surface area contributed by atoms with Crippen LogP contribution >= 0.6 is 11.8 Å². The summed E-state index contributed by atoms with van der Waals surface area (Å²) < 4.78 is 6.18. The van der Waals surface area contributed by atoms with Gasteiger partial charge in [-0.25, -0.2) is 9.78 Å². The minimum absolute atomic E-state index is 0.00529. The molecule has 1 aromatic heterocycles. The number of aliphatic hydroxyl groups is 1. The minimum Gasteiger partial charge on any atom is -0.465 e. The summed E-state index contributed by atoms with van der Waals surface area (Å²) in [6.45, 7) is -0.255. The fraction of sp³-hybridized carbons (Fsp3) is 0.294. The van der Waals surface area contributed by atoms with Crippen LogP contribution in [0.5, 0.6) is 0 Å². The fourth-order valence-corrected chi connectivity index (χ4v) is 2.96. The van der Waals surface area contributed by atoms with Crippen LogP contribution in [0.15, 0.2) is 35.6 Å². The van der Waals surface area contributed by atoms with E-state index in [1.807, 2.05) is 0 Å². The molecule has 9 nitrogen and oxygen atoms in total. The highest BCUT2D eigenvalue weighted by Crippen LogP contribution is 2.19. The molecular formula is C17H20N4O5S. The number of anilines is 1. The number of esters is 1. The largest absolute Gasteiger partial charge is 0.465 e. The van der Waals surface area contributed by atoms with Crippen LogP contribution in [0.2, 0.25) is 0 Å². The summed E-state index contributed by atoms with van der Waals surface area (Å²) >= 11 is 1.15. The molecule has 2 amide bonds. The van der Waals surface area contributed by atoms with E-state index in [4.69, 9.17) is 0 Å². The molecule has 10 heteroatoms. The Morgan fingerprint density at radius 3 is 2.52 bits per heavy atom. The molecule has 27 heavy (non-hydrogen) atoms. The minimum atomic E-state index is -0.453. The number of nitrogens with zero attached hydrogens (tertiary/aromatic N) is 2. The standard InChI is InChI=1S/C17H20N4O5S/c1-18-14(23)8-21-13(9-22)7-19-17(21)27-10-15(24)20-12-5-3-11(4-6-12)16(25)26-2/h3-7,22H,8-10H2,1-2H3,(H,18,23)(H,20,24). The summed E-state index contributed by atoms with van der Waals surface area (Å²) in [4.78, 5) is 39.3. The molecule has 2 aromatic rings. The molecule has 144 valence electrons. The molecule has 0 aliphatic heterocycles. The molecule has 0 unspecified atom stereocenters. The molecule has 1 heterocycles. The first-order chi connectivity index (χ1) is 13.0. The van der Waals surface area contributed by atoms with Crippen LogP contribution in [0.4, 0.5) is 5.69 Å². The van der Waals surface area contributed by atoms with Crippen molar-refractivity contribution in [2.45, 2.75) is 18.3 Å². The number of hydrogen-bond acceptors (Lipinski definition) is 7. The number of rotatable bonds is 8. The molecule has 0 saturated heterocycles. The Labute approximate surface area is 160 Å². The fourth-order valence-electron chi connectivity index (χ4n) is 2.16. The van der Waals surface area contributed by atoms with Gasteiger partial charge in [-0.2, -0.15) is 0 Å². The van der Waals surface area contributed by atoms with E-state index in [-0.39, 0.29) is 30.7 Å². The monoisotopic (exact) mass is 392 g/mol. The maximum absolute atomic E-state index is 12.1. The highest BCUT2D eigenvalue weighted by atomic mass is 32.2. The molecule has 0 aliphatic carbocycles. The number of nitrogens with one attached hydrogen (secondary N) is 2. The number of thioether (sulfide) groups is 1. The zero-order valence-electron chi connectivity index (χ0n) is 14.9. The van der Waals surface area contributed by atoms with Crippen LogP contribution in [0.3, 0.4) is 0 Å². The predicted molar refractivity (Wildman–Crippen MR) is 99.4 cm³/mol. The van der Waals surface area contributed by atoms with E-state index in [0.717, 1.165) is 11.8 Å². The number of carbonyl (C=O) groups is 3. The lowest BCUT2D eigenvalue weighted by molar-refractivity contribution is -0.121. The van der Waals surface area contributed by atoms with Crippen molar-refractivity contribution in [3.05, 3.63) is 41.7 Å². The van der Waals surface area contributed by atoms with Crippen molar-refractivity contribution in [2.24, 2.45) is 0 Å². The highest BCUT2D eigenvalue weighted by Gasteiger charge is 2.14. The van der Waals surface area contributed by atoms with E-state index < -0.39 is 5.97 Å². The van der Waals surface area contributed by atoms with Crippen LogP contribution in [-0.2, 0) is 27.5 Å². The summed E-state index contributed by atoms with van der Waals surface area (Å²) in [6.07, 6.45) is 1.47. The Balaban J connectivity index is 1.96. The van der Waals surface area contributed by atoms with Crippen molar-refractivity contribution < 1.29 is 24.2 Å². The van der Waals surface area contributed by atoms with Crippen LogP contribution in [0, 0.1) is 0 Å². The number of likely N-dealkylation sites (N-methyl/N-ethyl adjacent to an activating group) is 1. The van der Waals surface area contributed by atoms with E-state index in [0.29, 0.717) is 22.1 Å². The molecule has 1 aromatic carbocycles. The van der Waals surface area contributed by atoms with Crippen molar-refractivity contribution in [1.29, 1.82) is 0 Å². The Bertz CT molecular complexity index is 819. The molecule has 2 rings (SSSR count). The van der Waals surface area contributed by atoms with Gasteiger partial charge in [-0.05, 0) is 24.3 Å². The maximum Gasteiger partial charge on any atom is 0.337 e. The van der Waals surface area contributed by atoms with Gasteiger partial charge in [0.05, 0.1) is 36.9 Å². The first-order valence-electron chi connectivity index (χ1n) is 7.95. The molecule has 0 spiro atoms. The van der Waals surface area contributed by atoms with Gasteiger partial charge in [0.15, 0.2) is 5.16 Å². The Morgan fingerprint density at radius 1 is 1.22 bits per heavy atom. The summed E-state index contributed by atoms with van der Waals surface area (Å²) in [5.74, 6) is -0.898. The molecule has 3 N–H and O–H groups in total.